The van der Waals surface area contributed by atoms with Gasteiger partial charge in [-0.25, -0.2) is 4.98 Å². The zero-order chi connectivity index (χ0) is 13.1. The van der Waals surface area contributed by atoms with Gasteiger partial charge in [-0.05, 0) is 46.6 Å². The zero-order valence-corrected chi connectivity index (χ0v) is 11.7. The molecule has 1 aromatic carbocycles. The summed E-state index contributed by atoms with van der Waals surface area (Å²) in [6, 6.07) is 7.15. The van der Waals surface area contributed by atoms with E-state index in [-0.39, 0.29) is 0 Å². The predicted octanol–water partition coefficient (Wildman–Crippen LogP) is 3.54. The maximum Gasteiger partial charge on any atom is 0.233 e. The Morgan fingerprint density at radius 2 is 2.06 bits per heavy atom. The third-order valence-corrected chi connectivity index (χ3v) is 3.44. The third-order valence-electron chi connectivity index (χ3n) is 2.47. The van der Waals surface area contributed by atoms with Gasteiger partial charge in [0.15, 0.2) is 5.75 Å². The monoisotopic (exact) mass is 308 g/mol. The first-order chi connectivity index (χ1) is 8.61. The van der Waals surface area contributed by atoms with E-state index in [4.69, 9.17) is 15.2 Å². The fourth-order valence-corrected chi connectivity index (χ4v) is 1.75. The lowest BCUT2D eigenvalue weighted by Crippen LogP contribution is -1.96. The molecule has 0 amide bonds. The molecule has 0 aliphatic carbocycles. The van der Waals surface area contributed by atoms with E-state index in [0.29, 0.717) is 23.1 Å². The average molecular weight is 309 g/mol. The Kier molecular flexibility index (Phi) is 3.72. The van der Waals surface area contributed by atoms with Crippen LogP contribution >= 0.6 is 15.9 Å². The second-order valence-electron chi connectivity index (χ2n) is 3.75. The van der Waals surface area contributed by atoms with Crippen molar-refractivity contribution >= 4 is 21.6 Å². The van der Waals surface area contributed by atoms with Gasteiger partial charge in [0.1, 0.15) is 5.75 Å². The number of pyridine rings is 1. The van der Waals surface area contributed by atoms with E-state index < -0.39 is 0 Å². The van der Waals surface area contributed by atoms with E-state index >= 15 is 0 Å². The third kappa shape index (κ3) is 2.56. The number of hydrogen-bond acceptors (Lipinski definition) is 4. The summed E-state index contributed by atoms with van der Waals surface area (Å²) in [5.74, 6) is 1.73. The highest BCUT2D eigenvalue weighted by Gasteiger charge is 2.09. The van der Waals surface area contributed by atoms with Crippen molar-refractivity contribution in [1.29, 1.82) is 0 Å². The predicted molar refractivity (Wildman–Crippen MR) is 74.2 cm³/mol. The molecule has 0 saturated heterocycles. The number of ether oxygens (including phenoxy) is 2. The molecule has 4 nitrogen and oxygen atoms in total. The minimum atomic E-state index is 0.492. The molecule has 0 bridgehead atoms. The van der Waals surface area contributed by atoms with Crippen LogP contribution in [0.2, 0.25) is 0 Å². The van der Waals surface area contributed by atoms with E-state index in [2.05, 4.69) is 20.9 Å². The van der Waals surface area contributed by atoms with Gasteiger partial charge < -0.3 is 15.2 Å². The minimum Gasteiger partial charge on any atom is -0.497 e. The fraction of sp³-hybridized carbons (Fsp3) is 0.154. The summed E-state index contributed by atoms with van der Waals surface area (Å²) in [6.07, 6.45) is 1.69. The molecule has 94 valence electrons. The Labute approximate surface area is 114 Å². The summed E-state index contributed by atoms with van der Waals surface area (Å²) < 4.78 is 11.6. The minimum absolute atomic E-state index is 0.492. The number of methoxy groups -OCH3 is 1. The molecular weight excluding hydrogens is 296 g/mol. The SMILES string of the molecule is COc1ccc(Oc2nccc(C)c2Br)c(N)c1. The highest BCUT2D eigenvalue weighted by Crippen LogP contribution is 2.34. The Bertz CT molecular complexity index is 573. The van der Waals surface area contributed by atoms with Crippen molar-refractivity contribution in [2.24, 2.45) is 0 Å². The number of nitrogens with two attached hydrogens (primary N) is 1. The molecule has 0 aliphatic heterocycles. The lowest BCUT2D eigenvalue weighted by molar-refractivity contribution is 0.412. The number of aryl methyl sites for hydroxylation is 1. The van der Waals surface area contributed by atoms with Crippen molar-refractivity contribution in [2.45, 2.75) is 6.92 Å². The Hall–Kier alpha value is -1.75. The first-order valence-corrected chi connectivity index (χ1v) is 6.13. The van der Waals surface area contributed by atoms with Gasteiger partial charge in [0.2, 0.25) is 5.88 Å². The van der Waals surface area contributed by atoms with Crippen molar-refractivity contribution in [3.8, 4) is 17.4 Å². The van der Waals surface area contributed by atoms with Crippen molar-refractivity contribution < 1.29 is 9.47 Å². The van der Waals surface area contributed by atoms with Gasteiger partial charge in [-0.15, -0.1) is 0 Å². The van der Waals surface area contributed by atoms with Crippen LogP contribution in [0.25, 0.3) is 0 Å². The number of benzene rings is 1. The van der Waals surface area contributed by atoms with E-state index in [9.17, 15) is 0 Å². The Balaban J connectivity index is 2.31. The van der Waals surface area contributed by atoms with E-state index in [1.54, 1.807) is 31.5 Å². The molecule has 0 spiro atoms. The van der Waals surface area contributed by atoms with Crippen LogP contribution in [0.5, 0.6) is 17.4 Å². The van der Waals surface area contributed by atoms with Gasteiger partial charge in [-0.3, -0.25) is 0 Å². The topological polar surface area (TPSA) is 57.4 Å². The van der Waals surface area contributed by atoms with Crippen molar-refractivity contribution in [2.75, 3.05) is 12.8 Å². The molecule has 2 aromatic rings. The first kappa shape index (κ1) is 12.7. The standard InChI is InChI=1S/C13H13BrN2O2/c1-8-5-6-16-13(12(8)14)18-11-4-3-9(17-2)7-10(11)15/h3-7H,15H2,1-2H3. The van der Waals surface area contributed by atoms with Crippen LogP contribution in [-0.2, 0) is 0 Å². The van der Waals surface area contributed by atoms with Crippen LogP contribution in [-0.4, -0.2) is 12.1 Å². The van der Waals surface area contributed by atoms with Crippen LogP contribution in [0.15, 0.2) is 34.9 Å². The molecule has 2 rings (SSSR count). The number of aromatic nitrogens is 1. The van der Waals surface area contributed by atoms with Crippen LogP contribution in [0, 0.1) is 6.92 Å². The normalized spacial score (nSPS) is 10.2. The molecule has 0 atom stereocenters. The summed E-state index contributed by atoms with van der Waals surface area (Å²) in [4.78, 5) is 4.16. The number of halogens is 1. The second kappa shape index (κ2) is 5.27. The van der Waals surface area contributed by atoms with Gasteiger partial charge >= 0.3 is 0 Å². The van der Waals surface area contributed by atoms with Crippen LogP contribution < -0.4 is 15.2 Å². The molecule has 0 saturated carbocycles. The molecule has 0 aliphatic rings. The average Bonchev–Trinajstić information content (AvgIpc) is 2.37. The molecule has 1 aromatic heterocycles. The number of rotatable bonds is 3. The van der Waals surface area contributed by atoms with Crippen molar-refractivity contribution in [3.05, 3.63) is 40.5 Å². The van der Waals surface area contributed by atoms with Crippen LogP contribution in [0.4, 0.5) is 5.69 Å². The van der Waals surface area contributed by atoms with Crippen LogP contribution in [0.3, 0.4) is 0 Å². The summed E-state index contributed by atoms with van der Waals surface area (Å²) in [6.45, 7) is 1.97. The number of anilines is 1. The molecule has 0 radical (unpaired) electrons. The summed E-state index contributed by atoms with van der Waals surface area (Å²) in [7, 11) is 1.59. The van der Waals surface area contributed by atoms with Crippen molar-refractivity contribution in [3.63, 3.8) is 0 Å². The maximum atomic E-state index is 5.88. The Morgan fingerprint density at radius 3 is 2.72 bits per heavy atom. The van der Waals surface area contributed by atoms with Gasteiger partial charge in [0.25, 0.3) is 0 Å². The molecular formula is C13H13BrN2O2. The summed E-state index contributed by atoms with van der Waals surface area (Å²) in [5, 5.41) is 0. The van der Waals surface area contributed by atoms with Crippen molar-refractivity contribution in [1.82, 2.24) is 4.98 Å². The smallest absolute Gasteiger partial charge is 0.233 e. The molecule has 18 heavy (non-hydrogen) atoms. The highest BCUT2D eigenvalue weighted by molar-refractivity contribution is 9.10. The van der Waals surface area contributed by atoms with Gasteiger partial charge in [-0.1, -0.05) is 0 Å². The number of hydrogen-bond donors (Lipinski definition) is 1. The highest BCUT2D eigenvalue weighted by atomic mass is 79.9. The largest absolute Gasteiger partial charge is 0.497 e. The lowest BCUT2D eigenvalue weighted by Gasteiger charge is -2.11. The summed E-state index contributed by atoms with van der Waals surface area (Å²) >= 11 is 3.44. The summed E-state index contributed by atoms with van der Waals surface area (Å²) in [5.41, 5.74) is 7.44. The quantitative estimate of drug-likeness (QED) is 0.881. The number of nitrogen functional groups attached to an aromatic ring is 1. The second-order valence-corrected chi connectivity index (χ2v) is 4.55. The van der Waals surface area contributed by atoms with E-state index in [0.717, 1.165) is 10.0 Å². The van der Waals surface area contributed by atoms with Gasteiger partial charge in [-0.2, -0.15) is 0 Å². The number of nitrogens with zero attached hydrogens (tertiary/aromatic N) is 1. The maximum absolute atomic E-state index is 5.88. The van der Waals surface area contributed by atoms with E-state index in [1.807, 2.05) is 13.0 Å². The zero-order valence-electron chi connectivity index (χ0n) is 10.1. The van der Waals surface area contributed by atoms with Gasteiger partial charge in [0, 0.05) is 12.3 Å². The fourth-order valence-electron chi connectivity index (χ4n) is 1.44. The molecule has 5 heteroatoms. The molecule has 2 N–H and O–H groups in total. The van der Waals surface area contributed by atoms with E-state index in [1.165, 1.54) is 0 Å². The Morgan fingerprint density at radius 1 is 1.28 bits per heavy atom. The van der Waals surface area contributed by atoms with Gasteiger partial charge in [0.05, 0.1) is 17.3 Å². The molecule has 1 heterocycles. The first-order valence-electron chi connectivity index (χ1n) is 5.34. The molecule has 0 fully saturated rings. The molecule has 0 unspecified atom stereocenters. The lowest BCUT2D eigenvalue weighted by atomic mass is 10.3. The van der Waals surface area contributed by atoms with Crippen LogP contribution in [0.1, 0.15) is 5.56 Å².